The number of carbonyl (C=O) groups excluding carboxylic acids is 3. The fraction of sp³-hybridized carbons (Fsp3) is 0.348. The minimum absolute atomic E-state index is 0.132. The number of rotatable bonds is 5. The average molecular weight is 404 g/mol. The molecule has 0 saturated carbocycles. The van der Waals surface area contributed by atoms with E-state index in [4.69, 9.17) is 0 Å². The third kappa shape index (κ3) is 3.40. The molecule has 2 aromatic rings. The van der Waals surface area contributed by atoms with Gasteiger partial charge in [-0.2, -0.15) is 0 Å². The summed E-state index contributed by atoms with van der Waals surface area (Å²) in [6.07, 6.45) is 0.645. The minimum Gasteiger partial charge on any atom is -0.322 e. The van der Waals surface area contributed by atoms with Crippen LogP contribution >= 0.6 is 0 Å². The van der Waals surface area contributed by atoms with E-state index in [9.17, 15) is 14.4 Å². The van der Waals surface area contributed by atoms with Crippen LogP contribution in [0.2, 0.25) is 0 Å². The van der Waals surface area contributed by atoms with Crippen LogP contribution in [-0.2, 0) is 42.3 Å². The summed E-state index contributed by atoms with van der Waals surface area (Å²) >= 11 is 0. The monoisotopic (exact) mass is 404 g/mol. The topological polar surface area (TPSA) is 90.5 Å². The Balaban J connectivity index is 1.27. The van der Waals surface area contributed by atoms with Crippen LogP contribution in [-0.4, -0.2) is 28.7 Å². The van der Waals surface area contributed by atoms with Crippen LogP contribution in [0.25, 0.3) is 0 Å². The Labute approximate surface area is 174 Å². The zero-order valence-electron chi connectivity index (χ0n) is 16.7. The average Bonchev–Trinajstić information content (AvgIpc) is 3.33. The number of carbonyl (C=O) groups is 3. The van der Waals surface area contributed by atoms with E-state index in [2.05, 4.69) is 34.1 Å². The van der Waals surface area contributed by atoms with Crippen molar-refractivity contribution in [2.24, 2.45) is 0 Å². The minimum atomic E-state index is -0.580. The van der Waals surface area contributed by atoms with Gasteiger partial charge >= 0.3 is 0 Å². The summed E-state index contributed by atoms with van der Waals surface area (Å²) in [6.45, 7) is 3.67. The quantitative estimate of drug-likeness (QED) is 0.655. The zero-order chi connectivity index (χ0) is 20.7. The second-order valence-corrected chi connectivity index (χ2v) is 8.15. The SMILES string of the molecule is O=C1CCC(N2Cc3c(CNCc4ccc5c(c4)CNC5)cccc3C2=O)C(=O)N1. The number of nitrogens with one attached hydrogen (secondary N) is 3. The molecule has 0 bridgehead atoms. The van der Waals surface area contributed by atoms with E-state index in [1.807, 2.05) is 18.2 Å². The first-order valence-corrected chi connectivity index (χ1v) is 10.4. The van der Waals surface area contributed by atoms with Gasteiger partial charge in [-0.25, -0.2) is 0 Å². The number of imide groups is 1. The summed E-state index contributed by atoms with van der Waals surface area (Å²) in [5.41, 5.74) is 6.66. The van der Waals surface area contributed by atoms with E-state index in [0.717, 1.165) is 30.8 Å². The lowest BCUT2D eigenvalue weighted by atomic mass is 10.0. The molecule has 0 aliphatic carbocycles. The molecular formula is C23H24N4O3. The van der Waals surface area contributed by atoms with Gasteiger partial charge in [0.15, 0.2) is 0 Å². The fourth-order valence-corrected chi connectivity index (χ4v) is 4.62. The van der Waals surface area contributed by atoms with Gasteiger partial charge in [-0.1, -0.05) is 30.3 Å². The largest absolute Gasteiger partial charge is 0.322 e. The van der Waals surface area contributed by atoms with Gasteiger partial charge in [0, 0.05) is 44.7 Å². The molecule has 0 radical (unpaired) electrons. The Morgan fingerprint density at radius 3 is 2.77 bits per heavy atom. The van der Waals surface area contributed by atoms with Crippen LogP contribution < -0.4 is 16.0 Å². The normalized spacial score (nSPS) is 20.3. The van der Waals surface area contributed by atoms with Crippen molar-refractivity contribution in [3.63, 3.8) is 0 Å². The standard InChI is InChI=1S/C23H24N4O3/c28-21-7-6-20(22(29)26-21)27-13-19-16(2-1-3-18(19)23(27)30)11-24-9-14-4-5-15-10-25-12-17(15)8-14/h1-5,8,20,24-25H,6-7,9-13H2,(H,26,28,29). The number of fused-ring (bicyclic) bond motifs is 2. The van der Waals surface area contributed by atoms with E-state index >= 15 is 0 Å². The summed E-state index contributed by atoms with van der Waals surface area (Å²) in [5, 5.41) is 9.20. The molecule has 3 aliphatic heterocycles. The summed E-state index contributed by atoms with van der Waals surface area (Å²) in [5.74, 6) is -0.779. The van der Waals surface area contributed by atoms with Crippen LogP contribution in [0.5, 0.6) is 0 Å². The molecule has 1 atom stereocenters. The molecule has 7 nitrogen and oxygen atoms in total. The van der Waals surface area contributed by atoms with Gasteiger partial charge in [-0.15, -0.1) is 0 Å². The summed E-state index contributed by atoms with van der Waals surface area (Å²) in [4.78, 5) is 38.2. The van der Waals surface area contributed by atoms with E-state index in [1.165, 1.54) is 16.7 Å². The molecule has 0 aromatic heterocycles. The van der Waals surface area contributed by atoms with Crippen molar-refractivity contribution in [2.75, 3.05) is 0 Å². The van der Waals surface area contributed by atoms with Crippen molar-refractivity contribution in [3.8, 4) is 0 Å². The van der Waals surface area contributed by atoms with Crippen molar-refractivity contribution in [3.05, 3.63) is 69.8 Å². The van der Waals surface area contributed by atoms with Crippen LogP contribution in [0.1, 0.15) is 51.0 Å². The maximum Gasteiger partial charge on any atom is 0.255 e. The maximum atomic E-state index is 12.9. The molecule has 3 aliphatic rings. The molecule has 1 fully saturated rings. The molecule has 2 aromatic carbocycles. The van der Waals surface area contributed by atoms with Gasteiger partial charge in [0.1, 0.15) is 6.04 Å². The second kappa shape index (κ2) is 7.66. The summed E-state index contributed by atoms with van der Waals surface area (Å²) in [7, 11) is 0. The highest BCUT2D eigenvalue weighted by Gasteiger charge is 2.39. The Morgan fingerprint density at radius 1 is 1.03 bits per heavy atom. The summed E-state index contributed by atoms with van der Waals surface area (Å²) < 4.78 is 0. The highest BCUT2D eigenvalue weighted by Crippen LogP contribution is 2.30. The van der Waals surface area contributed by atoms with Gasteiger partial charge in [0.05, 0.1) is 0 Å². The predicted octanol–water partition coefficient (Wildman–Crippen LogP) is 1.34. The molecule has 5 rings (SSSR count). The molecule has 3 amide bonds. The second-order valence-electron chi connectivity index (χ2n) is 8.15. The Morgan fingerprint density at radius 2 is 1.90 bits per heavy atom. The number of benzene rings is 2. The van der Waals surface area contributed by atoms with E-state index in [0.29, 0.717) is 25.1 Å². The zero-order valence-corrected chi connectivity index (χ0v) is 16.7. The number of piperidine rings is 1. The molecule has 1 saturated heterocycles. The number of hydrogen-bond acceptors (Lipinski definition) is 5. The van der Waals surface area contributed by atoms with E-state index in [1.54, 1.807) is 4.90 Å². The molecule has 3 heterocycles. The lowest BCUT2D eigenvalue weighted by Gasteiger charge is -2.29. The van der Waals surface area contributed by atoms with Crippen molar-refractivity contribution >= 4 is 17.7 Å². The molecule has 3 N–H and O–H groups in total. The first kappa shape index (κ1) is 19.0. The third-order valence-corrected chi connectivity index (χ3v) is 6.23. The van der Waals surface area contributed by atoms with Gasteiger partial charge < -0.3 is 15.5 Å². The predicted molar refractivity (Wildman–Crippen MR) is 110 cm³/mol. The van der Waals surface area contributed by atoms with Gasteiger partial charge in [-0.3, -0.25) is 19.7 Å². The first-order valence-electron chi connectivity index (χ1n) is 10.4. The van der Waals surface area contributed by atoms with E-state index < -0.39 is 6.04 Å². The van der Waals surface area contributed by atoms with Crippen molar-refractivity contribution < 1.29 is 14.4 Å². The highest BCUT2D eigenvalue weighted by atomic mass is 16.2. The lowest BCUT2D eigenvalue weighted by molar-refractivity contribution is -0.136. The summed E-state index contributed by atoms with van der Waals surface area (Å²) in [6, 6.07) is 11.7. The Kier molecular flexibility index (Phi) is 4.84. The molecule has 30 heavy (non-hydrogen) atoms. The molecule has 1 unspecified atom stereocenters. The number of nitrogens with zero attached hydrogens (tertiary/aromatic N) is 1. The van der Waals surface area contributed by atoms with Gasteiger partial charge in [0.2, 0.25) is 11.8 Å². The number of hydrogen-bond donors (Lipinski definition) is 3. The number of amides is 3. The van der Waals surface area contributed by atoms with Crippen molar-refractivity contribution in [1.82, 2.24) is 20.9 Å². The van der Waals surface area contributed by atoms with Crippen LogP contribution in [0, 0.1) is 0 Å². The van der Waals surface area contributed by atoms with Crippen LogP contribution in [0.3, 0.4) is 0 Å². The molecule has 154 valence electrons. The van der Waals surface area contributed by atoms with Gasteiger partial charge in [0.25, 0.3) is 5.91 Å². The first-order chi connectivity index (χ1) is 14.6. The lowest BCUT2D eigenvalue weighted by Crippen LogP contribution is -2.52. The highest BCUT2D eigenvalue weighted by molar-refractivity contribution is 6.05. The van der Waals surface area contributed by atoms with Crippen LogP contribution in [0.4, 0.5) is 0 Å². The molecule has 7 heteroatoms. The van der Waals surface area contributed by atoms with Crippen molar-refractivity contribution in [2.45, 2.75) is 51.6 Å². The smallest absolute Gasteiger partial charge is 0.255 e. The Hall–Kier alpha value is -3.03. The third-order valence-electron chi connectivity index (χ3n) is 6.23. The van der Waals surface area contributed by atoms with Crippen molar-refractivity contribution in [1.29, 1.82) is 0 Å². The van der Waals surface area contributed by atoms with Gasteiger partial charge in [-0.05, 0) is 40.3 Å². The molecule has 0 spiro atoms. The fourth-order valence-electron chi connectivity index (χ4n) is 4.62. The van der Waals surface area contributed by atoms with Crippen LogP contribution in [0.15, 0.2) is 36.4 Å². The van der Waals surface area contributed by atoms with E-state index in [-0.39, 0.29) is 24.1 Å². The maximum absolute atomic E-state index is 12.9. The molecular weight excluding hydrogens is 380 g/mol. The Bertz CT molecular complexity index is 1050.